The summed E-state index contributed by atoms with van der Waals surface area (Å²) in [4.78, 5) is 5.30. The monoisotopic (exact) mass is 404 g/mol. The van der Waals surface area contributed by atoms with Crippen LogP contribution in [0.5, 0.6) is 11.5 Å². The molecule has 3 aromatic rings. The van der Waals surface area contributed by atoms with Gasteiger partial charge < -0.3 is 4.74 Å². The highest BCUT2D eigenvalue weighted by Gasteiger charge is 2.33. The minimum atomic E-state index is -3.53. The molecule has 0 aromatic heterocycles. The van der Waals surface area contributed by atoms with Crippen LogP contribution in [-0.2, 0) is 22.9 Å². The van der Waals surface area contributed by atoms with Crippen LogP contribution in [0.3, 0.4) is 0 Å². The fraction of sp³-hybridized carbons (Fsp3) is 0.273. The summed E-state index contributed by atoms with van der Waals surface area (Å²) in [5.74, 6) is 1.46. The van der Waals surface area contributed by atoms with Gasteiger partial charge in [-0.2, -0.15) is 0 Å². The predicted octanol–water partition coefficient (Wildman–Crippen LogP) is 2.39. The molecule has 4 aliphatic heterocycles. The lowest BCUT2D eigenvalue weighted by atomic mass is 9.94. The van der Waals surface area contributed by atoms with Crippen LogP contribution >= 0.6 is 0 Å². The maximum atomic E-state index is 12.5. The van der Waals surface area contributed by atoms with Crippen molar-refractivity contribution in [2.75, 3.05) is 17.8 Å². The minimum absolute atomic E-state index is 0.310. The Bertz CT molecular complexity index is 1520. The molecule has 0 radical (unpaired) electrons. The number of ether oxygens (including phenoxy) is 1. The van der Waals surface area contributed by atoms with Crippen molar-refractivity contribution in [1.29, 1.82) is 0 Å². The highest BCUT2D eigenvalue weighted by atomic mass is 32.2. The van der Waals surface area contributed by atoms with Crippen LogP contribution in [0.4, 0.5) is 11.4 Å². The van der Waals surface area contributed by atoms with Gasteiger partial charge in [0.05, 0.1) is 16.1 Å². The molecule has 7 rings (SSSR count). The van der Waals surface area contributed by atoms with Gasteiger partial charge in [-0.05, 0) is 25.0 Å². The van der Waals surface area contributed by atoms with E-state index in [0.717, 1.165) is 48.8 Å². The van der Waals surface area contributed by atoms with E-state index in [0.29, 0.717) is 27.4 Å². The summed E-state index contributed by atoms with van der Waals surface area (Å²) in [5.41, 5.74) is 3.90. The van der Waals surface area contributed by atoms with Gasteiger partial charge in [0.25, 0.3) is 10.0 Å². The molecule has 6 nitrogen and oxygen atoms in total. The zero-order chi connectivity index (χ0) is 19.3. The van der Waals surface area contributed by atoms with Crippen molar-refractivity contribution in [2.24, 2.45) is 4.99 Å². The van der Waals surface area contributed by atoms with Crippen molar-refractivity contribution >= 4 is 32.2 Å². The first kappa shape index (κ1) is 15.9. The number of hydrogen-bond acceptors (Lipinski definition) is 4. The van der Waals surface area contributed by atoms with E-state index in [-0.39, 0.29) is 0 Å². The van der Waals surface area contributed by atoms with Gasteiger partial charge in [-0.3, -0.25) is 4.72 Å². The molecule has 3 aromatic carbocycles. The lowest BCUT2D eigenvalue weighted by molar-refractivity contribution is 0.436. The average Bonchev–Trinajstić information content (AvgIpc) is 2.99. The Morgan fingerprint density at radius 2 is 1.97 bits per heavy atom. The van der Waals surface area contributed by atoms with Gasteiger partial charge in [-0.1, -0.05) is 12.1 Å². The lowest BCUT2D eigenvalue weighted by Crippen LogP contribution is -2.44. The zero-order valence-electron chi connectivity index (χ0n) is 15.7. The Labute approximate surface area is 167 Å². The summed E-state index contributed by atoms with van der Waals surface area (Å²) >= 11 is 0. The highest BCUT2D eigenvalue weighted by Crippen LogP contribution is 2.48. The number of sulfonamides is 1. The second-order valence-electron chi connectivity index (χ2n) is 8.17. The molecule has 0 fully saturated rings. The molecule has 144 valence electrons. The number of rotatable bonds is 0. The normalized spacial score (nSPS) is 19.5. The van der Waals surface area contributed by atoms with Gasteiger partial charge in [0.15, 0.2) is 11.5 Å². The van der Waals surface area contributed by atoms with Crippen molar-refractivity contribution in [1.82, 2.24) is 4.58 Å². The maximum absolute atomic E-state index is 12.5. The Morgan fingerprint density at radius 1 is 1.10 bits per heavy atom. The summed E-state index contributed by atoms with van der Waals surface area (Å²) in [6.45, 7) is 2.21. The average molecular weight is 404 g/mol. The molecule has 0 aliphatic carbocycles. The molecule has 1 N–H and O–H groups in total. The molecular weight excluding hydrogens is 386 g/mol. The van der Waals surface area contributed by atoms with E-state index in [4.69, 9.17) is 9.73 Å². The summed E-state index contributed by atoms with van der Waals surface area (Å²) in [6.07, 6.45) is 4.34. The van der Waals surface area contributed by atoms with Crippen LogP contribution in [-0.4, -0.2) is 21.5 Å². The fourth-order valence-corrected chi connectivity index (χ4v) is 6.66. The second-order valence-corrected chi connectivity index (χ2v) is 9.83. The maximum Gasteiger partial charge on any atom is 0.262 e. The number of anilines is 1. The third-order valence-electron chi connectivity index (χ3n) is 6.49. The summed E-state index contributed by atoms with van der Waals surface area (Å²) < 4.78 is 36.6. The Morgan fingerprint density at radius 3 is 2.86 bits per heavy atom. The molecule has 0 saturated carbocycles. The van der Waals surface area contributed by atoms with E-state index in [1.54, 1.807) is 18.2 Å². The predicted molar refractivity (Wildman–Crippen MR) is 109 cm³/mol. The number of benzene rings is 3. The Kier molecular flexibility index (Phi) is 2.83. The first-order chi connectivity index (χ1) is 14.1. The van der Waals surface area contributed by atoms with Crippen LogP contribution in [0.1, 0.15) is 24.0 Å². The van der Waals surface area contributed by atoms with Crippen molar-refractivity contribution < 1.29 is 13.2 Å². The molecule has 0 spiro atoms. The van der Waals surface area contributed by atoms with E-state index < -0.39 is 10.0 Å². The summed E-state index contributed by atoms with van der Waals surface area (Å²) in [5, 5.41) is 3.72. The molecule has 0 amide bonds. The standard InChI is InChI=1S/C22H17N3O3S/c26-29(27)18-7-1-5-13-19(18)15(24-29)11-17-20(13)23-16-10-12-4-2-8-25-9-3-6-14(21(12)25)22(16)28-17/h1,5,7,10-11H,2-4,6,8-9H2/p+1. The van der Waals surface area contributed by atoms with E-state index in [1.165, 1.54) is 22.9 Å². The molecule has 7 heteroatoms. The highest BCUT2D eigenvalue weighted by molar-refractivity contribution is 7.93. The minimum Gasteiger partial charge on any atom is -0.452 e. The third-order valence-corrected chi connectivity index (χ3v) is 7.90. The van der Waals surface area contributed by atoms with Crippen LogP contribution < -0.4 is 24.7 Å². The Hall–Kier alpha value is -2.93. The molecular formula is C22H18N3O3S+. The number of nitrogens with zero attached hydrogens (tertiary/aromatic N) is 2. The topological polar surface area (TPSA) is 70.8 Å². The quantitative estimate of drug-likeness (QED) is 0.458. The van der Waals surface area contributed by atoms with Crippen LogP contribution in [0.25, 0.3) is 10.8 Å². The van der Waals surface area contributed by atoms with Crippen molar-refractivity contribution in [2.45, 2.75) is 30.6 Å². The van der Waals surface area contributed by atoms with Crippen molar-refractivity contribution in [3.05, 3.63) is 52.2 Å². The fourth-order valence-electron chi connectivity index (χ4n) is 5.35. The SMILES string of the molecule is O=S1(=O)Nc2cc3c(c4cccc1c24)N=c1cc2c4c(c1O3)CCC[N+]=4CCC2. The Balaban J connectivity index is 1.59. The molecule has 4 aliphatic rings. The van der Waals surface area contributed by atoms with Gasteiger partial charge in [-0.15, -0.1) is 0 Å². The number of fused-ring (bicyclic) bond motifs is 4. The molecule has 0 atom stereocenters. The van der Waals surface area contributed by atoms with Gasteiger partial charge in [-0.25, -0.2) is 18.0 Å². The van der Waals surface area contributed by atoms with Crippen molar-refractivity contribution in [3.63, 3.8) is 0 Å². The van der Waals surface area contributed by atoms with Gasteiger partial charge in [0.1, 0.15) is 24.1 Å². The molecule has 0 saturated heterocycles. The largest absolute Gasteiger partial charge is 0.452 e. The molecule has 4 heterocycles. The molecule has 29 heavy (non-hydrogen) atoms. The van der Waals surface area contributed by atoms with E-state index in [2.05, 4.69) is 15.4 Å². The zero-order valence-corrected chi connectivity index (χ0v) is 16.5. The van der Waals surface area contributed by atoms with Crippen LogP contribution in [0, 0.1) is 0 Å². The first-order valence-corrected chi connectivity index (χ1v) is 11.5. The number of aryl methyl sites for hydroxylation is 1. The van der Waals surface area contributed by atoms with E-state index in [9.17, 15) is 8.42 Å². The van der Waals surface area contributed by atoms with Crippen molar-refractivity contribution in [3.8, 4) is 11.5 Å². The second kappa shape index (κ2) is 5.16. The van der Waals surface area contributed by atoms with Gasteiger partial charge in [0.2, 0.25) is 5.36 Å². The van der Waals surface area contributed by atoms with E-state index in [1.807, 2.05) is 6.07 Å². The number of hydrogen-bond donors (Lipinski definition) is 1. The van der Waals surface area contributed by atoms with Crippen LogP contribution in [0.15, 0.2) is 40.2 Å². The van der Waals surface area contributed by atoms with Crippen LogP contribution in [0.2, 0.25) is 0 Å². The lowest BCUT2D eigenvalue weighted by Gasteiger charge is -2.23. The van der Waals surface area contributed by atoms with Gasteiger partial charge in [0, 0.05) is 35.2 Å². The molecule has 0 unspecified atom stereocenters. The third kappa shape index (κ3) is 1.98. The van der Waals surface area contributed by atoms with Gasteiger partial charge >= 0.3 is 0 Å². The first-order valence-electron chi connectivity index (χ1n) is 10.1. The molecule has 0 bridgehead atoms. The summed E-state index contributed by atoms with van der Waals surface area (Å²) in [6, 6.07) is 9.29. The smallest absolute Gasteiger partial charge is 0.262 e. The van der Waals surface area contributed by atoms with E-state index >= 15 is 0 Å². The number of nitrogens with one attached hydrogen (secondary N) is 1. The summed E-state index contributed by atoms with van der Waals surface area (Å²) in [7, 11) is -3.53.